The van der Waals surface area contributed by atoms with E-state index in [9.17, 15) is 4.79 Å². The zero-order chi connectivity index (χ0) is 24.6. The van der Waals surface area contributed by atoms with Crippen molar-refractivity contribution in [1.82, 2.24) is 4.90 Å². The van der Waals surface area contributed by atoms with Crippen molar-refractivity contribution in [3.05, 3.63) is 90.0 Å². The first-order valence-corrected chi connectivity index (χ1v) is 13.3. The molecule has 4 nitrogen and oxygen atoms in total. The smallest absolute Gasteiger partial charge is 0.226 e. The van der Waals surface area contributed by atoms with Gasteiger partial charge in [0, 0.05) is 24.6 Å². The Morgan fingerprint density at radius 1 is 1.00 bits per heavy atom. The average Bonchev–Trinajstić information content (AvgIpc) is 2.88. The molecule has 1 saturated heterocycles. The summed E-state index contributed by atoms with van der Waals surface area (Å²) in [6.07, 6.45) is 3.25. The largest absolute Gasteiger partial charge is 0.486 e. The lowest BCUT2D eigenvalue weighted by molar-refractivity contribution is -0.118. The molecular formula is C30H37N2O2P. The maximum absolute atomic E-state index is 12.1. The summed E-state index contributed by atoms with van der Waals surface area (Å²) in [7, 11) is 2.72. The van der Waals surface area contributed by atoms with Gasteiger partial charge in [0.1, 0.15) is 11.9 Å². The zero-order valence-corrected chi connectivity index (χ0v) is 22.0. The number of carbonyl (C=O) groups excluding carboxylic acids is 1. The molecule has 2 atom stereocenters. The monoisotopic (exact) mass is 488 g/mol. The van der Waals surface area contributed by atoms with E-state index in [0.717, 1.165) is 55.6 Å². The zero-order valence-electron chi connectivity index (χ0n) is 20.8. The quantitative estimate of drug-likeness (QED) is 0.366. The van der Waals surface area contributed by atoms with Gasteiger partial charge in [-0.15, -0.1) is 9.24 Å². The molecule has 4 rings (SSSR count). The van der Waals surface area contributed by atoms with Crippen molar-refractivity contribution < 1.29 is 9.53 Å². The summed E-state index contributed by atoms with van der Waals surface area (Å²) < 4.78 is 6.43. The van der Waals surface area contributed by atoms with E-state index in [4.69, 9.17) is 4.74 Å². The Balaban J connectivity index is 1.32. The second kappa shape index (κ2) is 12.3. The first-order valence-electron chi connectivity index (χ1n) is 12.7. The molecule has 0 spiro atoms. The third kappa shape index (κ3) is 7.40. The van der Waals surface area contributed by atoms with Crippen LogP contribution in [0, 0.1) is 5.92 Å². The number of hydrogen-bond donors (Lipinski definition) is 1. The topological polar surface area (TPSA) is 41.6 Å². The number of carbonyl (C=O) groups is 1. The highest BCUT2D eigenvalue weighted by atomic mass is 31.0. The maximum atomic E-state index is 12.1. The first-order chi connectivity index (χ1) is 17.0. The summed E-state index contributed by atoms with van der Waals surface area (Å²) in [5, 5.41) is 4.19. The van der Waals surface area contributed by atoms with Gasteiger partial charge in [-0.25, -0.2) is 0 Å². The van der Waals surface area contributed by atoms with E-state index in [2.05, 4.69) is 80.1 Å². The Morgan fingerprint density at radius 3 is 2.40 bits per heavy atom. The van der Waals surface area contributed by atoms with Crippen LogP contribution in [0.25, 0.3) is 0 Å². The Bertz CT molecular complexity index is 1080. The molecule has 0 radical (unpaired) electrons. The van der Waals surface area contributed by atoms with E-state index in [-0.39, 0.29) is 17.9 Å². The molecule has 35 heavy (non-hydrogen) atoms. The highest BCUT2D eigenvalue weighted by molar-refractivity contribution is 7.27. The van der Waals surface area contributed by atoms with Crippen LogP contribution in [0.15, 0.2) is 78.9 Å². The molecule has 1 N–H and O–H groups in total. The number of nitrogens with one attached hydrogen (secondary N) is 1. The second-order valence-corrected chi connectivity index (χ2v) is 10.4. The molecule has 3 aromatic carbocycles. The van der Waals surface area contributed by atoms with Crippen LogP contribution >= 0.6 is 9.24 Å². The van der Waals surface area contributed by atoms with Gasteiger partial charge < -0.3 is 15.0 Å². The number of hydrogen-bond acceptors (Lipinski definition) is 3. The summed E-state index contributed by atoms with van der Waals surface area (Å²) in [6.45, 7) is 7.01. The lowest BCUT2D eigenvalue weighted by atomic mass is 9.89. The minimum absolute atomic E-state index is 0.0180. The van der Waals surface area contributed by atoms with Crippen molar-refractivity contribution in [2.45, 2.75) is 45.1 Å². The molecule has 0 aromatic heterocycles. The SMILES string of the molecule is CC(C)C(=O)Nc1cccc(C2CCN(CCC(Oc3ccc(P)cc3)c3ccccc3)CC2)c1. The average molecular weight is 489 g/mol. The summed E-state index contributed by atoms with van der Waals surface area (Å²) in [5.74, 6) is 1.49. The molecule has 2 unspecified atom stereocenters. The van der Waals surface area contributed by atoms with Crippen molar-refractivity contribution in [2.75, 3.05) is 25.0 Å². The number of anilines is 1. The lowest BCUT2D eigenvalue weighted by Crippen LogP contribution is -2.34. The van der Waals surface area contributed by atoms with Crippen molar-refractivity contribution in [1.29, 1.82) is 0 Å². The normalized spacial score (nSPS) is 15.7. The van der Waals surface area contributed by atoms with E-state index in [0.29, 0.717) is 5.92 Å². The van der Waals surface area contributed by atoms with Crippen LogP contribution in [-0.2, 0) is 4.79 Å². The summed E-state index contributed by atoms with van der Waals surface area (Å²) >= 11 is 0. The third-order valence-corrected chi connectivity index (χ3v) is 7.16. The first kappa shape index (κ1) is 25.4. The van der Waals surface area contributed by atoms with Crippen molar-refractivity contribution >= 4 is 26.1 Å². The standard InChI is InChI=1S/C30H37N2O2P/c1-22(2)30(33)31-26-10-6-9-25(21-26)23-15-18-32(19-16-23)20-17-29(24-7-4-3-5-8-24)34-27-11-13-28(35)14-12-27/h3-14,21-23,29H,15-20,35H2,1-2H3,(H,31,33). The van der Waals surface area contributed by atoms with Crippen LogP contribution in [0.1, 0.15) is 56.3 Å². The van der Waals surface area contributed by atoms with Crippen LogP contribution in [-0.4, -0.2) is 30.4 Å². The van der Waals surface area contributed by atoms with Crippen LogP contribution in [0.5, 0.6) is 5.75 Å². The van der Waals surface area contributed by atoms with Gasteiger partial charge in [-0.05, 0) is 72.5 Å². The molecule has 184 valence electrons. The summed E-state index contributed by atoms with van der Waals surface area (Å²) in [4.78, 5) is 14.6. The molecule has 3 aromatic rings. The Morgan fingerprint density at radius 2 is 1.71 bits per heavy atom. The van der Waals surface area contributed by atoms with Crippen LogP contribution in [0.2, 0.25) is 0 Å². The Hall–Kier alpha value is -2.68. The van der Waals surface area contributed by atoms with E-state index < -0.39 is 0 Å². The number of rotatable bonds is 9. The number of nitrogens with zero attached hydrogens (tertiary/aromatic N) is 1. The van der Waals surface area contributed by atoms with Crippen molar-refractivity contribution in [3.63, 3.8) is 0 Å². The summed E-state index contributed by atoms with van der Waals surface area (Å²) in [5.41, 5.74) is 3.45. The van der Waals surface area contributed by atoms with Gasteiger partial charge in [0.15, 0.2) is 0 Å². The number of piperidine rings is 1. The van der Waals surface area contributed by atoms with E-state index >= 15 is 0 Å². The molecule has 1 amide bonds. The highest BCUT2D eigenvalue weighted by Gasteiger charge is 2.23. The molecule has 0 bridgehead atoms. The molecule has 1 fully saturated rings. The molecule has 1 heterocycles. The Kier molecular flexibility index (Phi) is 8.95. The van der Waals surface area contributed by atoms with Gasteiger partial charge >= 0.3 is 0 Å². The van der Waals surface area contributed by atoms with Gasteiger partial charge in [0.05, 0.1) is 0 Å². The number of benzene rings is 3. The fourth-order valence-corrected chi connectivity index (χ4v) is 4.81. The maximum Gasteiger partial charge on any atom is 0.226 e. The van der Waals surface area contributed by atoms with Crippen LogP contribution < -0.4 is 15.4 Å². The lowest BCUT2D eigenvalue weighted by Gasteiger charge is -2.33. The van der Waals surface area contributed by atoms with Crippen molar-refractivity contribution in [2.24, 2.45) is 5.92 Å². The molecule has 5 heteroatoms. The fraction of sp³-hybridized carbons (Fsp3) is 0.367. The van der Waals surface area contributed by atoms with E-state index in [1.54, 1.807) is 0 Å². The molecule has 1 aliphatic heterocycles. The van der Waals surface area contributed by atoms with Crippen LogP contribution in [0.4, 0.5) is 5.69 Å². The van der Waals surface area contributed by atoms with E-state index in [1.807, 2.05) is 32.0 Å². The van der Waals surface area contributed by atoms with Gasteiger partial charge in [-0.3, -0.25) is 4.79 Å². The molecule has 1 aliphatic rings. The number of amides is 1. The minimum atomic E-state index is -0.0180. The van der Waals surface area contributed by atoms with Crippen molar-refractivity contribution in [3.8, 4) is 5.75 Å². The van der Waals surface area contributed by atoms with Gasteiger partial charge in [-0.1, -0.05) is 68.4 Å². The molecular weight excluding hydrogens is 451 g/mol. The van der Waals surface area contributed by atoms with Gasteiger partial charge in [0.25, 0.3) is 0 Å². The van der Waals surface area contributed by atoms with Gasteiger partial charge in [-0.2, -0.15) is 0 Å². The minimum Gasteiger partial charge on any atom is -0.486 e. The molecule has 0 aliphatic carbocycles. The Labute approximate surface area is 212 Å². The fourth-order valence-electron chi connectivity index (χ4n) is 4.62. The second-order valence-electron chi connectivity index (χ2n) is 9.76. The highest BCUT2D eigenvalue weighted by Crippen LogP contribution is 2.31. The van der Waals surface area contributed by atoms with Gasteiger partial charge in [0.2, 0.25) is 5.91 Å². The number of ether oxygens (including phenoxy) is 1. The predicted molar refractivity (Wildman–Crippen MR) is 149 cm³/mol. The molecule has 0 saturated carbocycles. The summed E-state index contributed by atoms with van der Waals surface area (Å²) in [6, 6.07) is 27.1. The van der Waals surface area contributed by atoms with Crippen LogP contribution in [0.3, 0.4) is 0 Å². The van der Waals surface area contributed by atoms with E-state index in [1.165, 1.54) is 11.1 Å². The predicted octanol–water partition coefficient (Wildman–Crippen LogP) is 6.17. The number of likely N-dealkylation sites (tertiary alicyclic amines) is 1. The third-order valence-electron chi connectivity index (χ3n) is 6.77.